The zero-order valence-corrected chi connectivity index (χ0v) is 17.0. The predicted octanol–water partition coefficient (Wildman–Crippen LogP) is 0.0473. The van der Waals surface area contributed by atoms with Gasteiger partial charge in [-0.1, -0.05) is 6.92 Å². The number of aliphatic hydroxyl groups excluding tert-OH is 3. The van der Waals surface area contributed by atoms with Crippen LogP contribution in [0, 0.1) is 5.92 Å². The molecule has 0 aromatic heterocycles. The molecule has 0 bridgehead atoms. The Balaban J connectivity index is 2.10. The van der Waals surface area contributed by atoms with Gasteiger partial charge in [-0.2, -0.15) is 0 Å². The number of carbonyl (C=O) groups excluding carboxylic acids is 1. The Morgan fingerprint density at radius 1 is 1.31 bits per heavy atom. The number of alkyl halides is 1. The van der Waals surface area contributed by atoms with E-state index in [0.717, 1.165) is 25.8 Å². The molecule has 0 aromatic rings. The number of rotatable bonds is 5. The number of hydrogen-bond donors (Lipinski definition) is 5. The van der Waals surface area contributed by atoms with E-state index < -0.39 is 41.3 Å². The maximum Gasteiger partial charge on any atom is 0.237 e. The molecule has 0 aliphatic carbocycles. The van der Waals surface area contributed by atoms with Gasteiger partial charge in [-0.3, -0.25) is 4.79 Å². The number of amides is 1. The lowest BCUT2D eigenvalue weighted by Gasteiger charge is -2.44. The quantitative estimate of drug-likeness (QED) is 0.407. The third kappa shape index (κ3) is 5.25. The maximum atomic E-state index is 12.8. The molecule has 2 fully saturated rings. The van der Waals surface area contributed by atoms with Crippen LogP contribution in [0.25, 0.3) is 0 Å². The van der Waals surface area contributed by atoms with Gasteiger partial charge in [0.2, 0.25) is 5.91 Å². The molecular weight excluding hydrogens is 380 g/mol. The lowest BCUT2D eigenvalue weighted by Crippen LogP contribution is -2.65. The number of carbonyl (C=O) groups is 1. The highest BCUT2D eigenvalue weighted by atomic mass is 35.5. The van der Waals surface area contributed by atoms with E-state index in [9.17, 15) is 20.1 Å². The first-order valence-corrected chi connectivity index (χ1v) is 10.9. The van der Waals surface area contributed by atoms with Gasteiger partial charge in [-0.05, 0) is 44.9 Å². The van der Waals surface area contributed by atoms with Crippen molar-refractivity contribution in [2.75, 3.05) is 12.8 Å². The van der Waals surface area contributed by atoms with Crippen LogP contribution in [0.15, 0.2) is 0 Å². The van der Waals surface area contributed by atoms with Gasteiger partial charge in [-0.25, -0.2) is 0 Å². The van der Waals surface area contributed by atoms with Crippen LogP contribution in [0.1, 0.15) is 33.1 Å². The summed E-state index contributed by atoms with van der Waals surface area (Å²) in [5.41, 5.74) is -0.704. The topological polar surface area (TPSA) is 111 Å². The molecule has 0 spiro atoms. The SMILES string of the molecule is CSC1OC(C(NC(=O)C2CC(C)CCCN2)C(C)Cl)C(O)C(O)C1O. The van der Waals surface area contributed by atoms with Gasteiger partial charge >= 0.3 is 0 Å². The van der Waals surface area contributed by atoms with Gasteiger partial charge in [0, 0.05) is 0 Å². The minimum Gasteiger partial charge on any atom is -0.388 e. The van der Waals surface area contributed by atoms with Crippen LogP contribution < -0.4 is 10.6 Å². The first-order valence-electron chi connectivity index (χ1n) is 9.16. The summed E-state index contributed by atoms with van der Waals surface area (Å²) < 4.78 is 5.77. The van der Waals surface area contributed by atoms with Crippen molar-refractivity contribution in [2.45, 2.75) is 80.4 Å². The second-order valence-electron chi connectivity index (χ2n) is 7.38. The zero-order valence-electron chi connectivity index (χ0n) is 15.5. The van der Waals surface area contributed by atoms with Gasteiger partial charge in [-0.15, -0.1) is 23.4 Å². The van der Waals surface area contributed by atoms with Crippen molar-refractivity contribution < 1.29 is 24.9 Å². The average Bonchev–Trinajstić information content (AvgIpc) is 2.82. The van der Waals surface area contributed by atoms with E-state index in [1.54, 1.807) is 13.2 Å². The van der Waals surface area contributed by atoms with Crippen molar-refractivity contribution in [3.8, 4) is 0 Å². The number of ether oxygens (including phenoxy) is 1. The van der Waals surface area contributed by atoms with E-state index in [0.29, 0.717) is 5.92 Å². The minimum atomic E-state index is -1.36. The molecule has 0 radical (unpaired) electrons. The van der Waals surface area contributed by atoms with Crippen molar-refractivity contribution in [1.29, 1.82) is 0 Å². The molecule has 0 saturated carbocycles. The number of hydrogen-bond acceptors (Lipinski definition) is 7. The fourth-order valence-electron chi connectivity index (χ4n) is 3.62. The van der Waals surface area contributed by atoms with Crippen LogP contribution in [0.4, 0.5) is 0 Å². The summed E-state index contributed by atoms with van der Waals surface area (Å²) in [5.74, 6) is 0.260. The molecule has 0 aromatic carbocycles. The summed E-state index contributed by atoms with van der Waals surface area (Å²) in [6.07, 6.45) is -0.242. The Hall–Kier alpha value is -0.0900. The number of halogens is 1. The molecule has 2 heterocycles. The molecule has 5 N–H and O–H groups in total. The van der Waals surface area contributed by atoms with Crippen molar-refractivity contribution in [3.05, 3.63) is 0 Å². The van der Waals surface area contributed by atoms with Gasteiger partial charge in [0.05, 0.1) is 17.5 Å². The van der Waals surface area contributed by atoms with Crippen LogP contribution in [-0.2, 0) is 9.53 Å². The van der Waals surface area contributed by atoms with Crippen LogP contribution in [0.5, 0.6) is 0 Å². The second kappa shape index (κ2) is 9.91. The third-order valence-corrected chi connectivity index (χ3v) is 6.34. The van der Waals surface area contributed by atoms with E-state index in [1.165, 1.54) is 11.8 Å². The Morgan fingerprint density at radius 3 is 2.62 bits per heavy atom. The standard InChI is InChI=1S/C17H31ClN2O5S/c1-8-5-4-6-19-10(7-8)16(24)20-11(9(2)18)15-13(22)12(21)14(23)17(25-15)26-3/h8-15,17,19,21-23H,4-7H2,1-3H3,(H,20,24). The summed E-state index contributed by atoms with van der Waals surface area (Å²) >= 11 is 7.52. The van der Waals surface area contributed by atoms with Gasteiger partial charge < -0.3 is 30.7 Å². The normalized spacial score (nSPS) is 41.1. The zero-order chi connectivity index (χ0) is 19.4. The maximum absolute atomic E-state index is 12.8. The van der Waals surface area contributed by atoms with Crippen molar-refractivity contribution >= 4 is 29.3 Å². The van der Waals surface area contributed by atoms with Gasteiger partial charge in [0.25, 0.3) is 0 Å². The van der Waals surface area contributed by atoms with Gasteiger partial charge in [0.1, 0.15) is 29.9 Å². The highest BCUT2D eigenvalue weighted by Gasteiger charge is 2.48. The van der Waals surface area contributed by atoms with E-state index in [-0.39, 0.29) is 11.9 Å². The van der Waals surface area contributed by atoms with Crippen LogP contribution in [0.3, 0.4) is 0 Å². The lowest BCUT2D eigenvalue weighted by molar-refractivity contribution is -0.205. The monoisotopic (exact) mass is 410 g/mol. The molecule has 7 nitrogen and oxygen atoms in total. The highest BCUT2D eigenvalue weighted by Crippen LogP contribution is 2.30. The fraction of sp³-hybridized carbons (Fsp3) is 0.941. The Morgan fingerprint density at radius 2 is 2.00 bits per heavy atom. The molecule has 152 valence electrons. The molecule has 2 aliphatic heterocycles. The first kappa shape index (κ1) is 22.2. The second-order valence-corrected chi connectivity index (χ2v) is 9.00. The minimum absolute atomic E-state index is 0.187. The smallest absolute Gasteiger partial charge is 0.237 e. The molecular formula is C17H31ClN2O5S. The van der Waals surface area contributed by atoms with E-state index >= 15 is 0 Å². The largest absolute Gasteiger partial charge is 0.388 e. The predicted molar refractivity (Wildman–Crippen MR) is 102 cm³/mol. The number of aliphatic hydroxyl groups is 3. The summed E-state index contributed by atoms with van der Waals surface area (Å²) in [5, 5.41) is 36.1. The average molecular weight is 411 g/mol. The molecule has 2 saturated heterocycles. The summed E-state index contributed by atoms with van der Waals surface area (Å²) in [6.45, 7) is 4.62. The Labute approximate surface area is 164 Å². The summed E-state index contributed by atoms with van der Waals surface area (Å²) in [6, 6.07) is -1.02. The molecule has 9 unspecified atom stereocenters. The molecule has 9 heteroatoms. The Bertz CT molecular complexity index is 470. The number of nitrogens with one attached hydrogen (secondary N) is 2. The van der Waals surface area contributed by atoms with Crippen molar-refractivity contribution in [1.82, 2.24) is 10.6 Å². The molecule has 9 atom stereocenters. The van der Waals surface area contributed by atoms with E-state index in [2.05, 4.69) is 17.6 Å². The summed E-state index contributed by atoms with van der Waals surface area (Å²) in [7, 11) is 0. The van der Waals surface area contributed by atoms with Gasteiger partial charge in [0.15, 0.2) is 0 Å². The number of thioether (sulfide) groups is 1. The highest BCUT2D eigenvalue weighted by molar-refractivity contribution is 7.99. The molecule has 1 amide bonds. The van der Waals surface area contributed by atoms with Crippen LogP contribution in [-0.4, -0.2) is 81.3 Å². The fourth-order valence-corrected chi connectivity index (χ4v) is 4.50. The van der Waals surface area contributed by atoms with E-state index in [1.807, 2.05) is 0 Å². The van der Waals surface area contributed by atoms with Crippen molar-refractivity contribution in [2.24, 2.45) is 5.92 Å². The molecule has 26 heavy (non-hydrogen) atoms. The van der Waals surface area contributed by atoms with Crippen LogP contribution >= 0.6 is 23.4 Å². The third-order valence-electron chi connectivity index (χ3n) is 5.22. The molecule has 2 aliphatic rings. The van der Waals surface area contributed by atoms with Crippen molar-refractivity contribution in [3.63, 3.8) is 0 Å². The Kier molecular flexibility index (Phi) is 8.46. The molecule has 2 rings (SSSR count). The van der Waals surface area contributed by atoms with Crippen LogP contribution in [0.2, 0.25) is 0 Å². The lowest BCUT2D eigenvalue weighted by atomic mass is 9.92. The van der Waals surface area contributed by atoms with E-state index in [4.69, 9.17) is 16.3 Å². The summed E-state index contributed by atoms with van der Waals surface area (Å²) in [4.78, 5) is 12.8. The first-order chi connectivity index (χ1) is 12.3.